The highest BCUT2D eigenvalue weighted by atomic mass is 16.1. The molecule has 2 saturated carbocycles. The van der Waals surface area contributed by atoms with Crippen LogP contribution in [0.25, 0.3) is 0 Å². The Morgan fingerprint density at radius 1 is 1.18 bits per heavy atom. The molecule has 17 heavy (non-hydrogen) atoms. The third kappa shape index (κ3) is 2.49. The molecule has 0 radical (unpaired) electrons. The summed E-state index contributed by atoms with van der Waals surface area (Å²) in [5.74, 6) is 2.92. The summed E-state index contributed by atoms with van der Waals surface area (Å²) in [6.45, 7) is 4.45. The van der Waals surface area contributed by atoms with E-state index in [-0.39, 0.29) is 5.92 Å². The lowest BCUT2D eigenvalue weighted by atomic mass is 9.79. The number of hydrogen-bond donors (Lipinski definition) is 2. The molecule has 3 fully saturated rings. The van der Waals surface area contributed by atoms with Crippen LogP contribution in [0.4, 0.5) is 0 Å². The minimum atomic E-state index is 0.245. The molecule has 3 nitrogen and oxygen atoms in total. The molecule has 3 aliphatic rings. The fourth-order valence-corrected chi connectivity index (χ4v) is 3.57. The van der Waals surface area contributed by atoms with Crippen molar-refractivity contribution in [2.45, 2.75) is 45.1 Å². The summed E-state index contributed by atoms with van der Waals surface area (Å²) >= 11 is 0. The number of nitrogens with one attached hydrogen (secondary N) is 2. The van der Waals surface area contributed by atoms with Gasteiger partial charge in [-0.25, -0.2) is 0 Å². The van der Waals surface area contributed by atoms with E-state index in [9.17, 15) is 4.79 Å². The van der Waals surface area contributed by atoms with Crippen LogP contribution in [0.15, 0.2) is 0 Å². The summed E-state index contributed by atoms with van der Waals surface area (Å²) < 4.78 is 0. The summed E-state index contributed by atoms with van der Waals surface area (Å²) in [5.41, 5.74) is 0. The maximum atomic E-state index is 12.1. The molecule has 1 saturated heterocycles. The summed E-state index contributed by atoms with van der Waals surface area (Å²) in [4.78, 5) is 12.1. The SMILES string of the molecule is CC(C(=O)NC1CC[C@H]2CNC[C@H]2C1)C1CC1. The van der Waals surface area contributed by atoms with Gasteiger partial charge in [0.1, 0.15) is 0 Å². The third-order valence-corrected chi connectivity index (χ3v) is 5.04. The van der Waals surface area contributed by atoms with Gasteiger partial charge in [0, 0.05) is 12.0 Å². The minimum absolute atomic E-state index is 0.245. The van der Waals surface area contributed by atoms with Crippen molar-refractivity contribution in [2.75, 3.05) is 13.1 Å². The summed E-state index contributed by atoms with van der Waals surface area (Å²) in [7, 11) is 0. The first-order chi connectivity index (χ1) is 8.24. The summed E-state index contributed by atoms with van der Waals surface area (Å²) in [6, 6.07) is 0.449. The smallest absolute Gasteiger partial charge is 0.223 e. The molecule has 2 unspecified atom stereocenters. The Bertz CT molecular complexity index is 301. The molecule has 4 atom stereocenters. The molecule has 1 heterocycles. The van der Waals surface area contributed by atoms with Gasteiger partial charge in [-0.1, -0.05) is 6.92 Å². The number of fused-ring (bicyclic) bond motifs is 1. The van der Waals surface area contributed by atoms with Crippen molar-refractivity contribution in [3.8, 4) is 0 Å². The van der Waals surface area contributed by atoms with Crippen molar-refractivity contribution in [1.29, 1.82) is 0 Å². The molecule has 0 spiro atoms. The zero-order valence-electron chi connectivity index (χ0n) is 10.7. The molecule has 2 aliphatic carbocycles. The van der Waals surface area contributed by atoms with Crippen molar-refractivity contribution >= 4 is 5.91 Å². The normalized spacial score (nSPS) is 38.5. The van der Waals surface area contributed by atoms with Gasteiger partial charge in [0.25, 0.3) is 0 Å². The maximum Gasteiger partial charge on any atom is 0.223 e. The van der Waals surface area contributed by atoms with Gasteiger partial charge in [-0.15, -0.1) is 0 Å². The Balaban J connectivity index is 1.50. The first-order valence-corrected chi connectivity index (χ1v) is 7.25. The second-order valence-electron chi connectivity index (χ2n) is 6.32. The van der Waals surface area contributed by atoms with Gasteiger partial charge < -0.3 is 10.6 Å². The van der Waals surface area contributed by atoms with E-state index in [1.54, 1.807) is 0 Å². The Kier molecular flexibility index (Phi) is 3.12. The quantitative estimate of drug-likeness (QED) is 0.780. The highest BCUT2D eigenvalue weighted by Gasteiger charge is 2.37. The Labute approximate surface area is 104 Å². The number of hydrogen-bond acceptors (Lipinski definition) is 2. The van der Waals surface area contributed by atoms with Crippen molar-refractivity contribution in [3.63, 3.8) is 0 Å². The van der Waals surface area contributed by atoms with Gasteiger partial charge >= 0.3 is 0 Å². The Hall–Kier alpha value is -0.570. The average Bonchev–Trinajstić information content (AvgIpc) is 3.07. The number of amides is 1. The van der Waals surface area contributed by atoms with Gasteiger partial charge in [0.15, 0.2) is 0 Å². The molecular weight excluding hydrogens is 212 g/mol. The predicted octanol–water partition coefficient (Wildman–Crippen LogP) is 1.54. The highest BCUT2D eigenvalue weighted by molar-refractivity contribution is 5.79. The Morgan fingerprint density at radius 3 is 2.71 bits per heavy atom. The van der Waals surface area contributed by atoms with E-state index in [0.717, 1.165) is 18.4 Å². The zero-order chi connectivity index (χ0) is 11.8. The van der Waals surface area contributed by atoms with E-state index >= 15 is 0 Å². The summed E-state index contributed by atoms with van der Waals surface area (Å²) in [5, 5.41) is 6.76. The molecule has 2 N–H and O–H groups in total. The van der Waals surface area contributed by atoms with Crippen LogP contribution in [0, 0.1) is 23.7 Å². The molecule has 0 aromatic carbocycles. The van der Waals surface area contributed by atoms with Crippen LogP contribution in [0.3, 0.4) is 0 Å². The number of rotatable bonds is 3. The molecule has 3 rings (SSSR count). The fourth-order valence-electron chi connectivity index (χ4n) is 3.57. The van der Waals surface area contributed by atoms with Crippen LogP contribution >= 0.6 is 0 Å². The van der Waals surface area contributed by atoms with E-state index in [4.69, 9.17) is 0 Å². The van der Waals surface area contributed by atoms with Crippen molar-refractivity contribution < 1.29 is 4.79 Å². The molecule has 96 valence electrons. The second kappa shape index (κ2) is 4.60. The van der Waals surface area contributed by atoms with E-state index in [2.05, 4.69) is 17.6 Å². The first-order valence-electron chi connectivity index (χ1n) is 7.25. The van der Waals surface area contributed by atoms with Crippen molar-refractivity contribution in [1.82, 2.24) is 10.6 Å². The number of carbonyl (C=O) groups is 1. The lowest BCUT2D eigenvalue weighted by Gasteiger charge is -2.32. The second-order valence-corrected chi connectivity index (χ2v) is 6.32. The molecule has 1 aliphatic heterocycles. The maximum absolute atomic E-state index is 12.1. The van der Waals surface area contributed by atoms with Crippen LogP contribution in [0.5, 0.6) is 0 Å². The minimum Gasteiger partial charge on any atom is -0.353 e. The highest BCUT2D eigenvalue weighted by Crippen LogP contribution is 2.37. The van der Waals surface area contributed by atoms with Crippen molar-refractivity contribution in [2.24, 2.45) is 23.7 Å². The standard InChI is InChI=1S/C14H24N2O/c1-9(10-2-3-10)14(17)16-13-5-4-11-7-15-8-12(11)6-13/h9-13,15H,2-8H2,1H3,(H,16,17)/t9?,11-,12+,13?/m0/s1. The van der Waals surface area contributed by atoms with Gasteiger partial charge in [-0.05, 0) is 62.9 Å². The van der Waals surface area contributed by atoms with Crippen LogP contribution in [-0.2, 0) is 4.79 Å². The first kappa shape index (κ1) is 11.5. The predicted molar refractivity (Wildman–Crippen MR) is 67.5 cm³/mol. The fraction of sp³-hybridized carbons (Fsp3) is 0.929. The van der Waals surface area contributed by atoms with Crippen molar-refractivity contribution in [3.05, 3.63) is 0 Å². The van der Waals surface area contributed by atoms with E-state index < -0.39 is 0 Å². The lowest BCUT2D eigenvalue weighted by molar-refractivity contribution is -0.126. The molecular formula is C14H24N2O. The van der Waals surface area contributed by atoms with Crippen LogP contribution in [0.1, 0.15) is 39.0 Å². The molecule has 3 heteroatoms. The molecule has 0 aromatic rings. The Morgan fingerprint density at radius 2 is 1.94 bits per heavy atom. The third-order valence-electron chi connectivity index (χ3n) is 5.04. The van der Waals surface area contributed by atoms with Crippen LogP contribution in [-0.4, -0.2) is 25.0 Å². The monoisotopic (exact) mass is 236 g/mol. The molecule has 0 aromatic heterocycles. The van der Waals surface area contributed by atoms with Gasteiger partial charge in [0.2, 0.25) is 5.91 Å². The lowest BCUT2D eigenvalue weighted by Crippen LogP contribution is -2.43. The van der Waals surface area contributed by atoms with Crippen LogP contribution < -0.4 is 10.6 Å². The molecule has 1 amide bonds. The van der Waals surface area contributed by atoms with Gasteiger partial charge in [-0.3, -0.25) is 4.79 Å². The van der Waals surface area contributed by atoms with E-state index in [0.29, 0.717) is 17.9 Å². The van der Waals surface area contributed by atoms with Crippen LogP contribution in [0.2, 0.25) is 0 Å². The zero-order valence-corrected chi connectivity index (χ0v) is 10.7. The van der Waals surface area contributed by atoms with Gasteiger partial charge in [-0.2, -0.15) is 0 Å². The largest absolute Gasteiger partial charge is 0.353 e. The average molecular weight is 236 g/mol. The van der Waals surface area contributed by atoms with E-state index in [1.165, 1.54) is 38.6 Å². The van der Waals surface area contributed by atoms with Gasteiger partial charge in [0.05, 0.1) is 0 Å². The topological polar surface area (TPSA) is 41.1 Å². The number of carbonyl (C=O) groups excluding carboxylic acids is 1. The van der Waals surface area contributed by atoms with E-state index in [1.807, 2.05) is 0 Å². The summed E-state index contributed by atoms with van der Waals surface area (Å²) in [6.07, 6.45) is 6.19. The molecule has 0 bridgehead atoms.